The minimum atomic E-state index is -0.224. The molecule has 0 saturated heterocycles. The fourth-order valence-corrected chi connectivity index (χ4v) is 1.91. The summed E-state index contributed by atoms with van der Waals surface area (Å²) in [6.45, 7) is 3.98. The fourth-order valence-electron chi connectivity index (χ4n) is 1.91. The summed E-state index contributed by atoms with van der Waals surface area (Å²) in [7, 11) is 0. The van der Waals surface area contributed by atoms with Gasteiger partial charge in [-0.3, -0.25) is 0 Å². The molecule has 3 heteroatoms. The van der Waals surface area contributed by atoms with Crippen molar-refractivity contribution in [1.82, 2.24) is 0 Å². The lowest BCUT2D eigenvalue weighted by Gasteiger charge is -2.17. The molecule has 1 atom stereocenters. The van der Waals surface area contributed by atoms with Crippen molar-refractivity contribution in [3.8, 4) is 0 Å². The summed E-state index contributed by atoms with van der Waals surface area (Å²) < 4.78 is 13.1. The van der Waals surface area contributed by atoms with E-state index in [4.69, 9.17) is 5.73 Å². The lowest BCUT2D eigenvalue weighted by molar-refractivity contribution is 0.623. The molecule has 0 heterocycles. The minimum absolute atomic E-state index is 0.00528. The average Bonchev–Trinajstić information content (AvgIpc) is 2.32. The summed E-state index contributed by atoms with van der Waals surface area (Å²) >= 11 is 0. The molecule has 0 bridgehead atoms. The number of nitrogens with one attached hydrogen (secondary N) is 1. The Morgan fingerprint density at radius 1 is 1.17 bits per heavy atom. The van der Waals surface area contributed by atoms with E-state index < -0.39 is 0 Å². The summed E-state index contributed by atoms with van der Waals surface area (Å²) in [5, 5.41) is 3.29. The van der Waals surface area contributed by atoms with Gasteiger partial charge in [-0.1, -0.05) is 18.2 Å². The van der Waals surface area contributed by atoms with Crippen LogP contribution in [-0.2, 0) is 0 Å². The molecule has 94 valence electrons. The van der Waals surface area contributed by atoms with Crippen LogP contribution in [0.4, 0.5) is 15.8 Å². The molecule has 2 nitrogen and oxygen atoms in total. The van der Waals surface area contributed by atoms with Gasteiger partial charge in [0, 0.05) is 6.04 Å². The quantitative estimate of drug-likeness (QED) is 0.804. The van der Waals surface area contributed by atoms with Gasteiger partial charge in [0.25, 0.3) is 0 Å². The van der Waals surface area contributed by atoms with Crippen LogP contribution in [0, 0.1) is 12.7 Å². The largest absolute Gasteiger partial charge is 0.397 e. The monoisotopic (exact) mass is 244 g/mol. The van der Waals surface area contributed by atoms with Crippen LogP contribution in [-0.4, -0.2) is 0 Å². The molecule has 0 aromatic heterocycles. The molecule has 3 N–H and O–H groups in total. The molecule has 2 aromatic carbocycles. The van der Waals surface area contributed by atoms with E-state index in [0.29, 0.717) is 5.69 Å². The fraction of sp³-hybridized carbons (Fsp3) is 0.200. The molecular weight excluding hydrogens is 227 g/mol. The van der Waals surface area contributed by atoms with E-state index in [1.807, 2.05) is 38.1 Å². The number of halogens is 1. The summed E-state index contributed by atoms with van der Waals surface area (Å²) in [6.07, 6.45) is 0. The number of hydrogen-bond donors (Lipinski definition) is 2. The predicted octanol–water partition coefficient (Wildman–Crippen LogP) is 3.89. The van der Waals surface area contributed by atoms with Crippen LogP contribution in [0.5, 0.6) is 0 Å². The SMILES string of the molecule is Cc1ccc(NC(C)c2cccc(F)c2)c(N)c1. The minimum Gasteiger partial charge on any atom is -0.397 e. The van der Waals surface area contributed by atoms with E-state index in [-0.39, 0.29) is 11.9 Å². The number of anilines is 2. The maximum Gasteiger partial charge on any atom is 0.123 e. The van der Waals surface area contributed by atoms with E-state index >= 15 is 0 Å². The molecular formula is C15H17FN2. The third-order valence-corrected chi connectivity index (χ3v) is 2.93. The second kappa shape index (κ2) is 5.08. The van der Waals surface area contributed by atoms with Crippen molar-refractivity contribution < 1.29 is 4.39 Å². The lowest BCUT2D eigenvalue weighted by Crippen LogP contribution is -2.08. The van der Waals surface area contributed by atoms with E-state index in [2.05, 4.69) is 5.32 Å². The standard InChI is InChI=1S/C15H17FN2/c1-10-6-7-15(14(17)8-10)18-11(2)12-4-3-5-13(16)9-12/h3-9,11,18H,17H2,1-2H3. The molecule has 0 saturated carbocycles. The Bertz CT molecular complexity index is 552. The van der Waals surface area contributed by atoms with Gasteiger partial charge in [0.15, 0.2) is 0 Å². The highest BCUT2D eigenvalue weighted by atomic mass is 19.1. The maximum atomic E-state index is 13.1. The number of benzene rings is 2. The first kappa shape index (κ1) is 12.4. The Morgan fingerprint density at radius 2 is 1.94 bits per heavy atom. The molecule has 0 amide bonds. The Hall–Kier alpha value is -2.03. The molecule has 18 heavy (non-hydrogen) atoms. The van der Waals surface area contributed by atoms with Crippen molar-refractivity contribution in [2.75, 3.05) is 11.1 Å². The van der Waals surface area contributed by atoms with E-state index in [9.17, 15) is 4.39 Å². The molecule has 0 aliphatic carbocycles. The zero-order chi connectivity index (χ0) is 13.1. The van der Waals surface area contributed by atoms with Crippen LogP contribution in [0.15, 0.2) is 42.5 Å². The van der Waals surface area contributed by atoms with Crippen molar-refractivity contribution >= 4 is 11.4 Å². The maximum absolute atomic E-state index is 13.1. The summed E-state index contributed by atoms with van der Waals surface area (Å²) in [5.41, 5.74) is 9.54. The van der Waals surface area contributed by atoms with Crippen LogP contribution >= 0.6 is 0 Å². The molecule has 0 radical (unpaired) electrons. The second-order valence-electron chi connectivity index (χ2n) is 4.51. The van der Waals surface area contributed by atoms with Crippen molar-refractivity contribution in [2.24, 2.45) is 0 Å². The molecule has 0 aliphatic heterocycles. The van der Waals surface area contributed by atoms with Crippen molar-refractivity contribution in [1.29, 1.82) is 0 Å². The van der Waals surface area contributed by atoms with Crippen molar-refractivity contribution in [3.05, 3.63) is 59.4 Å². The first-order valence-electron chi connectivity index (χ1n) is 5.94. The first-order valence-corrected chi connectivity index (χ1v) is 5.94. The number of aryl methyl sites for hydroxylation is 1. The number of rotatable bonds is 3. The number of nitrogens with two attached hydrogens (primary N) is 1. The van der Waals surface area contributed by atoms with Crippen molar-refractivity contribution in [3.63, 3.8) is 0 Å². The van der Waals surface area contributed by atoms with Gasteiger partial charge in [-0.15, -0.1) is 0 Å². The summed E-state index contributed by atoms with van der Waals surface area (Å²) in [6, 6.07) is 12.4. The van der Waals surface area contributed by atoms with Gasteiger partial charge in [0.2, 0.25) is 0 Å². The molecule has 0 fully saturated rings. The Morgan fingerprint density at radius 3 is 2.61 bits per heavy atom. The van der Waals surface area contributed by atoms with Gasteiger partial charge in [-0.2, -0.15) is 0 Å². The van der Waals surface area contributed by atoms with E-state index in [1.165, 1.54) is 12.1 Å². The van der Waals surface area contributed by atoms with Crippen LogP contribution < -0.4 is 11.1 Å². The average molecular weight is 244 g/mol. The van der Waals surface area contributed by atoms with E-state index in [0.717, 1.165) is 16.8 Å². The molecule has 2 rings (SSSR count). The highest BCUT2D eigenvalue weighted by Gasteiger charge is 2.07. The van der Waals surface area contributed by atoms with Gasteiger partial charge in [-0.25, -0.2) is 4.39 Å². The summed E-state index contributed by atoms with van der Waals surface area (Å²) in [4.78, 5) is 0. The van der Waals surface area contributed by atoms with Gasteiger partial charge < -0.3 is 11.1 Å². The number of nitrogen functional groups attached to an aromatic ring is 1. The second-order valence-corrected chi connectivity index (χ2v) is 4.51. The Balaban J connectivity index is 2.18. The molecule has 0 spiro atoms. The highest BCUT2D eigenvalue weighted by molar-refractivity contribution is 5.67. The molecule has 1 unspecified atom stereocenters. The van der Waals surface area contributed by atoms with E-state index in [1.54, 1.807) is 6.07 Å². The van der Waals surface area contributed by atoms with Gasteiger partial charge >= 0.3 is 0 Å². The van der Waals surface area contributed by atoms with Gasteiger partial charge in [0.05, 0.1) is 11.4 Å². The highest BCUT2D eigenvalue weighted by Crippen LogP contribution is 2.25. The van der Waals surface area contributed by atoms with Crippen LogP contribution in [0.3, 0.4) is 0 Å². The van der Waals surface area contributed by atoms with Gasteiger partial charge in [-0.05, 0) is 49.2 Å². The lowest BCUT2D eigenvalue weighted by atomic mass is 10.1. The first-order chi connectivity index (χ1) is 8.56. The van der Waals surface area contributed by atoms with Crippen LogP contribution in [0.2, 0.25) is 0 Å². The zero-order valence-electron chi connectivity index (χ0n) is 10.6. The third-order valence-electron chi connectivity index (χ3n) is 2.93. The predicted molar refractivity (Wildman–Crippen MR) is 74.0 cm³/mol. The normalized spacial score (nSPS) is 12.2. The van der Waals surface area contributed by atoms with Crippen molar-refractivity contribution in [2.45, 2.75) is 19.9 Å². The smallest absolute Gasteiger partial charge is 0.123 e. The Kier molecular flexibility index (Phi) is 3.51. The Labute approximate surface area is 107 Å². The molecule has 2 aromatic rings. The molecule has 0 aliphatic rings. The van der Waals surface area contributed by atoms with Crippen LogP contribution in [0.25, 0.3) is 0 Å². The summed E-state index contributed by atoms with van der Waals surface area (Å²) in [5.74, 6) is -0.224. The zero-order valence-corrected chi connectivity index (χ0v) is 10.6. The number of hydrogen-bond acceptors (Lipinski definition) is 2. The van der Waals surface area contributed by atoms with Crippen LogP contribution in [0.1, 0.15) is 24.1 Å². The topological polar surface area (TPSA) is 38.0 Å². The third kappa shape index (κ3) is 2.80. The van der Waals surface area contributed by atoms with Gasteiger partial charge in [0.1, 0.15) is 5.82 Å².